The Kier molecular flexibility index (Phi) is 6.05. The van der Waals surface area contributed by atoms with E-state index < -0.39 is 17.6 Å². The lowest BCUT2D eigenvalue weighted by Crippen LogP contribution is -2.51. The smallest absolute Gasteiger partial charge is 0.324 e. The highest BCUT2D eigenvalue weighted by atomic mass is 16.2. The molecule has 5 rings (SSSR count). The predicted octanol–water partition coefficient (Wildman–Crippen LogP) is 3.54. The van der Waals surface area contributed by atoms with Gasteiger partial charge < -0.3 is 10.6 Å². The number of nitrogens with zero attached hydrogens (tertiary/aromatic N) is 2. The zero-order chi connectivity index (χ0) is 24.6. The number of benzene rings is 2. The van der Waals surface area contributed by atoms with E-state index in [0.717, 1.165) is 24.0 Å². The van der Waals surface area contributed by atoms with Crippen LogP contribution in [-0.4, -0.2) is 46.8 Å². The fourth-order valence-electron chi connectivity index (χ4n) is 5.49. The van der Waals surface area contributed by atoms with Crippen molar-refractivity contribution in [1.29, 1.82) is 0 Å². The lowest BCUT2D eigenvalue weighted by atomic mass is 9.94. The van der Waals surface area contributed by atoms with Crippen LogP contribution in [-0.2, 0) is 20.8 Å². The van der Waals surface area contributed by atoms with Crippen molar-refractivity contribution in [3.8, 4) is 0 Å². The maximum atomic E-state index is 13.5. The molecule has 1 saturated carbocycles. The minimum absolute atomic E-state index is 0.00375. The van der Waals surface area contributed by atoms with Crippen LogP contribution in [0, 0.1) is 6.92 Å². The van der Waals surface area contributed by atoms with Gasteiger partial charge in [-0.05, 0) is 56.4 Å². The van der Waals surface area contributed by atoms with E-state index in [1.54, 1.807) is 4.90 Å². The number of amides is 5. The van der Waals surface area contributed by atoms with Gasteiger partial charge in [-0.15, -0.1) is 0 Å². The molecule has 0 radical (unpaired) electrons. The lowest BCUT2D eigenvalue weighted by Gasteiger charge is -2.36. The molecular weight excluding hydrogens is 444 g/mol. The summed E-state index contributed by atoms with van der Waals surface area (Å²) < 4.78 is 0. The number of urea groups is 1. The SMILES string of the molecule is Cc1ccc(NC(=O)C2CCc3ccccc3N2C(=O)CCN2C(=O)NC3(CCCC3)C2=O)cc1. The fraction of sp³-hybridized carbons (Fsp3) is 0.407. The monoisotopic (exact) mass is 474 g/mol. The van der Waals surface area contributed by atoms with E-state index in [0.29, 0.717) is 37.1 Å². The highest BCUT2D eigenvalue weighted by Gasteiger charge is 2.52. The molecule has 2 N–H and O–H groups in total. The first-order valence-electron chi connectivity index (χ1n) is 12.3. The average Bonchev–Trinajstić information content (AvgIpc) is 3.42. The summed E-state index contributed by atoms with van der Waals surface area (Å²) in [7, 11) is 0. The molecule has 2 fully saturated rings. The van der Waals surface area contributed by atoms with Crippen molar-refractivity contribution in [2.24, 2.45) is 0 Å². The van der Waals surface area contributed by atoms with E-state index in [-0.39, 0.29) is 30.7 Å². The Morgan fingerprint density at radius 2 is 1.77 bits per heavy atom. The second-order valence-corrected chi connectivity index (χ2v) is 9.73. The molecule has 8 nitrogen and oxygen atoms in total. The predicted molar refractivity (Wildman–Crippen MR) is 132 cm³/mol. The van der Waals surface area contributed by atoms with Crippen molar-refractivity contribution in [2.75, 3.05) is 16.8 Å². The number of anilines is 2. The van der Waals surface area contributed by atoms with Gasteiger partial charge >= 0.3 is 6.03 Å². The zero-order valence-electron chi connectivity index (χ0n) is 19.9. The molecule has 2 aromatic carbocycles. The second-order valence-electron chi connectivity index (χ2n) is 9.73. The Labute approximate surface area is 204 Å². The van der Waals surface area contributed by atoms with Crippen LogP contribution in [0.25, 0.3) is 0 Å². The maximum absolute atomic E-state index is 13.5. The zero-order valence-corrected chi connectivity index (χ0v) is 19.9. The molecule has 3 aliphatic rings. The van der Waals surface area contributed by atoms with Gasteiger partial charge in [0.2, 0.25) is 11.8 Å². The van der Waals surface area contributed by atoms with Crippen molar-refractivity contribution in [3.05, 3.63) is 59.7 Å². The van der Waals surface area contributed by atoms with Crippen molar-refractivity contribution >= 4 is 35.1 Å². The summed E-state index contributed by atoms with van der Waals surface area (Å²) in [6.07, 6.45) is 4.22. The Morgan fingerprint density at radius 1 is 1.06 bits per heavy atom. The van der Waals surface area contributed by atoms with E-state index in [2.05, 4.69) is 10.6 Å². The van der Waals surface area contributed by atoms with Crippen LogP contribution in [0.2, 0.25) is 0 Å². The van der Waals surface area contributed by atoms with Gasteiger partial charge in [-0.25, -0.2) is 4.79 Å². The van der Waals surface area contributed by atoms with Gasteiger partial charge in [0.1, 0.15) is 11.6 Å². The third-order valence-electron chi connectivity index (χ3n) is 7.39. The van der Waals surface area contributed by atoms with Gasteiger partial charge in [-0.1, -0.05) is 48.7 Å². The summed E-state index contributed by atoms with van der Waals surface area (Å²) in [5.41, 5.74) is 2.67. The number of carbonyl (C=O) groups is 4. The van der Waals surface area contributed by atoms with Crippen LogP contribution < -0.4 is 15.5 Å². The van der Waals surface area contributed by atoms with Crippen molar-refractivity contribution in [3.63, 3.8) is 0 Å². The summed E-state index contributed by atoms with van der Waals surface area (Å²) in [5, 5.41) is 5.79. The van der Waals surface area contributed by atoms with Crippen LogP contribution in [0.3, 0.4) is 0 Å². The molecule has 8 heteroatoms. The fourth-order valence-corrected chi connectivity index (χ4v) is 5.49. The molecule has 2 heterocycles. The van der Waals surface area contributed by atoms with Gasteiger partial charge in [-0.3, -0.25) is 24.2 Å². The van der Waals surface area contributed by atoms with E-state index in [9.17, 15) is 19.2 Å². The molecule has 5 amide bonds. The van der Waals surface area contributed by atoms with Crippen LogP contribution in [0.1, 0.15) is 49.7 Å². The molecule has 1 unspecified atom stereocenters. The van der Waals surface area contributed by atoms with E-state index in [1.807, 2.05) is 55.5 Å². The largest absolute Gasteiger partial charge is 0.325 e. The highest BCUT2D eigenvalue weighted by Crippen LogP contribution is 2.36. The number of aryl methyl sites for hydroxylation is 2. The summed E-state index contributed by atoms with van der Waals surface area (Å²) in [6, 6.07) is 14.0. The Balaban J connectivity index is 1.34. The molecule has 1 aliphatic carbocycles. The molecular formula is C27H30N4O4. The molecule has 2 aromatic rings. The van der Waals surface area contributed by atoms with Crippen LogP contribution in [0.4, 0.5) is 16.2 Å². The van der Waals surface area contributed by atoms with Crippen LogP contribution >= 0.6 is 0 Å². The summed E-state index contributed by atoms with van der Waals surface area (Å²) in [6.45, 7) is 1.97. The number of hydrogen-bond acceptors (Lipinski definition) is 4. The third kappa shape index (κ3) is 4.29. The van der Waals surface area contributed by atoms with Gasteiger partial charge in [0.15, 0.2) is 0 Å². The third-order valence-corrected chi connectivity index (χ3v) is 7.39. The molecule has 2 aliphatic heterocycles. The highest BCUT2D eigenvalue weighted by molar-refractivity contribution is 6.08. The van der Waals surface area contributed by atoms with Gasteiger partial charge in [0.25, 0.3) is 5.91 Å². The van der Waals surface area contributed by atoms with Crippen molar-refractivity contribution in [1.82, 2.24) is 10.2 Å². The van der Waals surface area contributed by atoms with Gasteiger partial charge in [-0.2, -0.15) is 0 Å². The Morgan fingerprint density at radius 3 is 2.51 bits per heavy atom. The van der Waals surface area contributed by atoms with E-state index in [4.69, 9.17) is 0 Å². The number of imide groups is 1. The molecule has 35 heavy (non-hydrogen) atoms. The summed E-state index contributed by atoms with van der Waals surface area (Å²) >= 11 is 0. The minimum atomic E-state index is -0.797. The van der Waals surface area contributed by atoms with Crippen LogP contribution in [0.5, 0.6) is 0 Å². The minimum Gasteiger partial charge on any atom is -0.324 e. The molecule has 182 valence electrons. The number of nitrogens with one attached hydrogen (secondary N) is 2. The molecule has 0 bridgehead atoms. The normalized spacial score (nSPS) is 20.7. The van der Waals surface area contributed by atoms with Crippen molar-refractivity contribution in [2.45, 2.75) is 63.5 Å². The first-order valence-corrected chi connectivity index (χ1v) is 12.3. The number of para-hydroxylation sites is 1. The Bertz CT molecular complexity index is 1170. The summed E-state index contributed by atoms with van der Waals surface area (Å²) in [5.74, 6) is -0.772. The quantitative estimate of drug-likeness (QED) is 0.648. The van der Waals surface area contributed by atoms with Crippen molar-refractivity contribution < 1.29 is 19.2 Å². The van der Waals surface area contributed by atoms with E-state index >= 15 is 0 Å². The second kappa shape index (κ2) is 9.17. The number of fused-ring (bicyclic) bond motifs is 1. The molecule has 1 saturated heterocycles. The molecule has 0 aromatic heterocycles. The molecule has 1 atom stereocenters. The molecule has 1 spiro atoms. The number of rotatable bonds is 5. The van der Waals surface area contributed by atoms with Crippen LogP contribution in [0.15, 0.2) is 48.5 Å². The topological polar surface area (TPSA) is 98.8 Å². The number of hydrogen-bond donors (Lipinski definition) is 2. The van der Waals surface area contributed by atoms with E-state index in [1.165, 1.54) is 4.90 Å². The lowest BCUT2D eigenvalue weighted by molar-refractivity contribution is -0.131. The first-order chi connectivity index (χ1) is 16.9. The maximum Gasteiger partial charge on any atom is 0.325 e. The van der Waals surface area contributed by atoms with Gasteiger partial charge in [0.05, 0.1) is 0 Å². The number of carbonyl (C=O) groups excluding carboxylic acids is 4. The summed E-state index contributed by atoms with van der Waals surface area (Å²) in [4.78, 5) is 55.0. The first kappa shape index (κ1) is 23.1. The van der Waals surface area contributed by atoms with Gasteiger partial charge in [0, 0.05) is 24.3 Å². The standard InChI is InChI=1S/C27H30N4O4/c1-18-8-11-20(12-9-18)28-24(33)22-13-10-19-6-2-3-7-21(19)31(22)23(32)14-17-30-25(34)27(29-26(30)35)15-4-5-16-27/h2-3,6-9,11-12,22H,4-5,10,13-17H2,1H3,(H,28,33)(H,29,35). The average molecular weight is 475 g/mol. The Hall–Kier alpha value is -3.68.